The number of imidazole rings is 1. The molecule has 0 aliphatic heterocycles. The maximum atomic E-state index is 11.9. The Morgan fingerprint density at radius 3 is 2.52 bits per heavy atom. The SMILES string of the molecule is COc1ccc2cc(-c3n(C)c4cc(S(C)(=O)=O)ccc4[n+]3C)oc2c1.[Cl-]. The Kier molecular flexibility index (Phi) is 4.69. The minimum Gasteiger partial charge on any atom is -1.00 e. The summed E-state index contributed by atoms with van der Waals surface area (Å²) in [6.07, 6.45) is 1.21. The van der Waals surface area contributed by atoms with Gasteiger partial charge in [-0.15, -0.1) is 0 Å². The van der Waals surface area contributed by atoms with Gasteiger partial charge in [-0.1, -0.05) is 0 Å². The van der Waals surface area contributed by atoms with E-state index in [0.717, 1.165) is 33.6 Å². The lowest BCUT2D eigenvalue weighted by molar-refractivity contribution is -0.634. The van der Waals surface area contributed by atoms with Gasteiger partial charge in [-0.3, -0.25) is 0 Å². The second kappa shape index (κ2) is 6.58. The maximum absolute atomic E-state index is 11.9. The maximum Gasteiger partial charge on any atom is 0.325 e. The summed E-state index contributed by atoms with van der Waals surface area (Å²) < 4.78 is 39.0. The van der Waals surface area contributed by atoms with Crippen LogP contribution in [-0.4, -0.2) is 26.4 Å². The Balaban J connectivity index is 0.00000210. The highest BCUT2D eigenvalue weighted by molar-refractivity contribution is 7.90. The third-order valence-electron chi connectivity index (χ3n) is 4.68. The fourth-order valence-corrected chi connectivity index (χ4v) is 3.96. The molecule has 6 nitrogen and oxygen atoms in total. The number of hydrogen-bond acceptors (Lipinski definition) is 4. The van der Waals surface area contributed by atoms with Crippen LogP contribution in [0.1, 0.15) is 0 Å². The first kappa shape index (κ1) is 19.3. The van der Waals surface area contributed by atoms with Crippen LogP contribution in [0.3, 0.4) is 0 Å². The molecule has 142 valence electrons. The highest BCUT2D eigenvalue weighted by Gasteiger charge is 2.26. The topological polar surface area (TPSA) is 65.3 Å². The second-order valence-corrected chi connectivity index (χ2v) is 8.39. The summed E-state index contributed by atoms with van der Waals surface area (Å²) in [5.41, 5.74) is 2.48. The molecular formula is C19H19ClN2O4S. The number of methoxy groups -OCH3 is 1. The van der Waals surface area contributed by atoms with E-state index in [9.17, 15) is 8.42 Å². The molecule has 0 bridgehead atoms. The van der Waals surface area contributed by atoms with Crippen molar-refractivity contribution < 1.29 is 34.5 Å². The minimum atomic E-state index is -3.27. The lowest BCUT2D eigenvalue weighted by Crippen LogP contribution is -3.00. The van der Waals surface area contributed by atoms with E-state index in [2.05, 4.69) is 0 Å². The fourth-order valence-electron chi connectivity index (χ4n) is 3.32. The predicted octanol–water partition coefficient (Wildman–Crippen LogP) is -0.168. The van der Waals surface area contributed by atoms with Crippen molar-refractivity contribution in [1.82, 2.24) is 4.57 Å². The van der Waals surface area contributed by atoms with Gasteiger partial charge in [0, 0.05) is 29.8 Å². The third kappa shape index (κ3) is 3.07. The zero-order chi connectivity index (χ0) is 18.6. The Labute approximate surface area is 163 Å². The van der Waals surface area contributed by atoms with Crippen LogP contribution in [0.25, 0.3) is 33.6 Å². The van der Waals surface area contributed by atoms with E-state index in [0.29, 0.717) is 10.7 Å². The second-order valence-electron chi connectivity index (χ2n) is 6.38. The number of halogens is 1. The van der Waals surface area contributed by atoms with E-state index >= 15 is 0 Å². The van der Waals surface area contributed by atoms with Crippen LogP contribution in [0, 0.1) is 0 Å². The van der Waals surface area contributed by atoms with Gasteiger partial charge in [0.05, 0.1) is 26.1 Å². The Morgan fingerprint density at radius 2 is 1.85 bits per heavy atom. The van der Waals surface area contributed by atoms with Crippen LogP contribution < -0.4 is 21.7 Å². The van der Waals surface area contributed by atoms with Crippen molar-refractivity contribution in [2.24, 2.45) is 14.1 Å². The molecule has 0 saturated carbocycles. The van der Waals surface area contributed by atoms with E-state index in [1.165, 1.54) is 6.26 Å². The molecule has 0 aliphatic rings. The molecule has 0 spiro atoms. The Morgan fingerprint density at radius 1 is 1.11 bits per heavy atom. The number of aryl methyl sites for hydroxylation is 2. The van der Waals surface area contributed by atoms with E-state index in [4.69, 9.17) is 9.15 Å². The van der Waals surface area contributed by atoms with Crippen LogP contribution in [0.2, 0.25) is 0 Å². The van der Waals surface area contributed by atoms with Crippen molar-refractivity contribution in [3.63, 3.8) is 0 Å². The van der Waals surface area contributed by atoms with Gasteiger partial charge in [0.2, 0.25) is 5.76 Å². The third-order valence-corrected chi connectivity index (χ3v) is 5.79. The van der Waals surface area contributed by atoms with Gasteiger partial charge in [-0.05, 0) is 24.3 Å². The van der Waals surface area contributed by atoms with Gasteiger partial charge in [0.15, 0.2) is 20.9 Å². The monoisotopic (exact) mass is 406 g/mol. The molecule has 0 fully saturated rings. The molecule has 0 amide bonds. The molecule has 8 heteroatoms. The molecule has 4 aromatic rings. The standard InChI is InChI=1S/C19H19N2O4S.ClH/c1-20-15-8-7-14(26(4,22)23)11-16(15)21(2)19(20)18-9-12-5-6-13(24-3)10-17(12)25-18;/h5-11H,1-4H3;1H/q+1;/p-1. The predicted molar refractivity (Wildman–Crippen MR) is 99.0 cm³/mol. The average Bonchev–Trinajstić information content (AvgIpc) is 3.12. The van der Waals surface area contributed by atoms with E-state index in [1.807, 2.05) is 53.6 Å². The van der Waals surface area contributed by atoms with Crippen LogP contribution in [0.15, 0.2) is 51.8 Å². The Hall–Kier alpha value is -2.51. The van der Waals surface area contributed by atoms with Gasteiger partial charge in [-0.2, -0.15) is 0 Å². The molecule has 0 atom stereocenters. The number of ether oxygens (including phenoxy) is 1. The van der Waals surface area contributed by atoms with Gasteiger partial charge < -0.3 is 21.6 Å². The van der Waals surface area contributed by atoms with E-state index in [-0.39, 0.29) is 12.4 Å². The zero-order valence-electron chi connectivity index (χ0n) is 15.4. The molecule has 0 aliphatic carbocycles. The van der Waals surface area contributed by atoms with Crippen molar-refractivity contribution in [3.05, 3.63) is 42.5 Å². The largest absolute Gasteiger partial charge is 1.00 e. The summed E-state index contributed by atoms with van der Waals surface area (Å²) in [4.78, 5) is 0.298. The molecule has 0 saturated heterocycles. The number of nitrogens with zero attached hydrogens (tertiary/aromatic N) is 2. The van der Waals surface area contributed by atoms with Crippen LogP contribution in [0.5, 0.6) is 5.75 Å². The lowest BCUT2D eigenvalue weighted by atomic mass is 10.2. The van der Waals surface area contributed by atoms with Crippen LogP contribution in [0.4, 0.5) is 0 Å². The highest BCUT2D eigenvalue weighted by atomic mass is 35.5. The quantitative estimate of drug-likeness (QED) is 0.443. The van der Waals surface area contributed by atoms with Gasteiger partial charge in [-0.25, -0.2) is 17.6 Å². The lowest BCUT2D eigenvalue weighted by Gasteiger charge is -1.97. The summed E-state index contributed by atoms with van der Waals surface area (Å²) in [6, 6.07) is 12.8. The van der Waals surface area contributed by atoms with Gasteiger partial charge >= 0.3 is 5.82 Å². The molecule has 0 N–H and O–H groups in total. The molecule has 0 unspecified atom stereocenters. The molecule has 2 aromatic heterocycles. The Bertz CT molecular complexity index is 1270. The summed E-state index contributed by atoms with van der Waals surface area (Å²) in [7, 11) is 2.19. The van der Waals surface area contributed by atoms with Crippen molar-refractivity contribution >= 4 is 31.8 Å². The normalized spacial score (nSPS) is 11.7. The molecule has 27 heavy (non-hydrogen) atoms. The molecule has 2 heterocycles. The number of benzene rings is 2. The van der Waals surface area contributed by atoms with Crippen LogP contribution in [-0.2, 0) is 23.9 Å². The molecule has 4 rings (SSSR count). The first-order valence-corrected chi connectivity index (χ1v) is 9.95. The molecule has 0 radical (unpaired) electrons. The highest BCUT2D eigenvalue weighted by Crippen LogP contribution is 2.30. The van der Waals surface area contributed by atoms with Crippen molar-refractivity contribution in [2.75, 3.05) is 13.4 Å². The number of sulfone groups is 1. The van der Waals surface area contributed by atoms with E-state index < -0.39 is 9.84 Å². The molecular weight excluding hydrogens is 388 g/mol. The van der Waals surface area contributed by atoms with Crippen molar-refractivity contribution in [1.29, 1.82) is 0 Å². The number of aromatic nitrogens is 2. The van der Waals surface area contributed by atoms with Gasteiger partial charge in [0.1, 0.15) is 11.3 Å². The number of fused-ring (bicyclic) bond motifs is 2. The van der Waals surface area contributed by atoms with Crippen molar-refractivity contribution in [2.45, 2.75) is 4.90 Å². The fraction of sp³-hybridized carbons (Fsp3) is 0.211. The number of hydrogen-bond donors (Lipinski definition) is 0. The van der Waals surface area contributed by atoms with E-state index in [1.54, 1.807) is 19.2 Å². The summed E-state index contributed by atoms with van der Waals surface area (Å²) in [5, 5.41) is 0.975. The average molecular weight is 407 g/mol. The number of furan rings is 1. The minimum absolute atomic E-state index is 0. The smallest absolute Gasteiger partial charge is 0.325 e. The van der Waals surface area contributed by atoms with Crippen LogP contribution >= 0.6 is 0 Å². The zero-order valence-corrected chi connectivity index (χ0v) is 16.9. The number of rotatable bonds is 3. The molecule has 2 aromatic carbocycles. The van der Waals surface area contributed by atoms with Gasteiger partial charge in [0.25, 0.3) is 0 Å². The first-order valence-electron chi connectivity index (χ1n) is 8.06. The summed E-state index contributed by atoms with van der Waals surface area (Å²) in [6.45, 7) is 0. The summed E-state index contributed by atoms with van der Waals surface area (Å²) >= 11 is 0. The van der Waals surface area contributed by atoms with Crippen molar-refractivity contribution in [3.8, 4) is 17.3 Å². The summed E-state index contributed by atoms with van der Waals surface area (Å²) in [5.74, 6) is 2.29. The first-order chi connectivity index (χ1) is 12.3.